The number of rotatable bonds is 4. The Balaban J connectivity index is 1.76. The van der Waals surface area contributed by atoms with Gasteiger partial charge in [0.1, 0.15) is 0 Å². The summed E-state index contributed by atoms with van der Waals surface area (Å²) in [6.07, 6.45) is 0. The van der Waals surface area contributed by atoms with E-state index in [0.29, 0.717) is 17.0 Å². The first kappa shape index (κ1) is 17.9. The summed E-state index contributed by atoms with van der Waals surface area (Å²) in [5, 5.41) is 2.94. The van der Waals surface area contributed by atoms with Crippen LogP contribution in [0.5, 0.6) is 0 Å². The van der Waals surface area contributed by atoms with Crippen molar-refractivity contribution in [1.29, 1.82) is 0 Å². The van der Waals surface area contributed by atoms with Gasteiger partial charge in [-0.15, -0.1) is 0 Å². The first-order chi connectivity index (χ1) is 12.3. The van der Waals surface area contributed by atoms with Gasteiger partial charge in [-0.05, 0) is 42.2 Å². The Bertz CT molecular complexity index is 885. The second-order valence-corrected chi connectivity index (χ2v) is 6.95. The zero-order valence-corrected chi connectivity index (χ0v) is 15.4. The summed E-state index contributed by atoms with van der Waals surface area (Å²) in [5.74, 6) is -0.533. The van der Waals surface area contributed by atoms with Crippen LogP contribution < -0.4 is 5.32 Å². The highest BCUT2D eigenvalue weighted by Crippen LogP contribution is 2.23. The number of carbonyl (C=O) groups is 3. The van der Waals surface area contributed by atoms with Gasteiger partial charge in [0.2, 0.25) is 0 Å². The standard InChI is InChI=1S/C21H22N2O3/c1-12(2)14-5-7-15(8-6-14)13(3)22-19(24)16-9-10-17-18(11-16)21(26)23(4)20(17)25/h5-13H,1-4H3,(H,22,24)/t13-/m1/s1. The van der Waals surface area contributed by atoms with E-state index in [1.165, 1.54) is 24.7 Å². The number of nitrogens with one attached hydrogen (secondary N) is 1. The summed E-state index contributed by atoms with van der Waals surface area (Å²) in [7, 11) is 1.44. The third kappa shape index (κ3) is 3.12. The molecule has 1 atom stereocenters. The van der Waals surface area contributed by atoms with Crippen LogP contribution in [0.15, 0.2) is 42.5 Å². The van der Waals surface area contributed by atoms with Gasteiger partial charge in [-0.25, -0.2) is 0 Å². The largest absolute Gasteiger partial charge is 0.346 e. The van der Waals surface area contributed by atoms with Gasteiger partial charge >= 0.3 is 0 Å². The van der Waals surface area contributed by atoms with Gasteiger partial charge in [0.25, 0.3) is 17.7 Å². The number of nitrogens with zero attached hydrogens (tertiary/aromatic N) is 1. The molecule has 0 bridgehead atoms. The number of benzene rings is 2. The van der Waals surface area contributed by atoms with Crippen molar-refractivity contribution in [3.8, 4) is 0 Å². The molecule has 0 aliphatic carbocycles. The normalized spacial score (nSPS) is 14.6. The van der Waals surface area contributed by atoms with Gasteiger partial charge in [0.05, 0.1) is 17.2 Å². The molecule has 0 aromatic heterocycles. The monoisotopic (exact) mass is 350 g/mol. The average molecular weight is 350 g/mol. The van der Waals surface area contributed by atoms with Crippen LogP contribution in [0.4, 0.5) is 0 Å². The number of amides is 3. The topological polar surface area (TPSA) is 66.5 Å². The summed E-state index contributed by atoms with van der Waals surface area (Å²) < 4.78 is 0. The number of fused-ring (bicyclic) bond motifs is 1. The van der Waals surface area contributed by atoms with Gasteiger partial charge in [-0.2, -0.15) is 0 Å². The fraction of sp³-hybridized carbons (Fsp3) is 0.286. The van der Waals surface area contributed by atoms with E-state index < -0.39 is 0 Å². The van der Waals surface area contributed by atoms with E-state index in [1.807, 2.05) is 19.1 Å². The van der Waals surface area contributed by atoms with E-state index >= 15 is 0 Å². The van der Waals surface area contributed by atoms with Crippen molar-refractivity contribution in [2.24, 2.45) is 0 Å². The molecule has 0 spiro atoms. The number of imide groups is 1. The highest BCUT2D eigenvalue weighted by atomic mass is 16.2. The minimum absolute atomic E-state index is 0.169. The lowest BCUT2D eigenvalue weighted by Crippen LogP contribution is -2.27. The van der Waals surface area contributed by atoms with Gasteiger partial charge in [0, 0.05) is 12.6 Å². The van der Waals surface area contributed by atoms with E-state index in [-0.39, 0.29) is 29.3 Å². The maximum Gasteiger partial charge on any atom is 0.261 e. The first-order valence-corrected chi connectivity index (χ1v) is 8.66. The molecule has 0 saturated carbocycles. The van der Waals surface area contributed by atoms with E-state index in [2.05, 4.69) is 31.3 Å². The lowest BCUT2D eigenvalue weighted by Gasteiger charge is -2.16. The molecule has 0 unspecified atom stereocenters. The van der Waals surface area contributed by atoms with E-state index in [1.54, 1.807) is 6.07 Å². The molecule has 3 amide bonds. The molecule has 1 aliphatic heterocycles. The van der Waals surface area contributed by atoms with Crippen molar-refractivity contribution >= 4 is 17.7 Å². The molecule has 26 heavy (non-hydrogen) atoms. The molecule has 1 aliphatic rings. The summed E-state index contributed by atoms with van der Waals surface area (Å²) >= 11 is 0. The maximum absolute atomic E-state index is 12.6. The minimum Gasteiger partial charge on any atom is -0.346 e. The smallest absolute Gasteiger partial charge is 0.261 e. The summed E-state index contributed by atoms with van der Waals surface area (Å²) in [4.78, 5) is 37.6. The fourth-order valence-corrected chi connectivity index (χ4v) is 3.04. The lowest BCUT2D eigenvalue weighted by molar-refractivity contribution is 0.0693. The molecule has 0 radical (unpaired) electrons. The number of carbonyl (C=O) groups excluding carboxylic acids is 3. The lowest BCUT2D eigenvalue weighted by atomic mass is 9.99. The van der Waals surface area contributed by atoms with Crippen LogP contribution in [0.25, 0.3) is 0 Å². The van der Waals surface area contributed by atoms with E-state index in [0.717, 1.165) is 10.5 Å². The van der Waals surface area contributed by atoms with E-state index in [4.69, 9.17) is 0 Å². The Morgan fingerprint density at radius 3 is 2.08 bits per heavy atom. The van der Waals surface area contributed by atoms with Crippen molar-refractivity contribution < 1.29 is 14.4 Å². The number of hydrogen-bond acceptors (Lipinski definition) is 3. The molecule has 0 saturated heterocycles. The molecule has 2 aromatic carbocycles. The summed E-state index contributed by atoms with van der Waals surface area (Å²) in [6, 6.07) is 12.6. The Hall–Kier alpha value is -2.95. The third-order valence-corrected chi connectivity index (χ3v) is 4.80. The molecule has 5 nitrogen and oxygen atoms in total. The zero-order chi connectivity index (χ0) is 19.0. The molecule has 0 fully saturated rings. The van der Waals surface area contributed by atoms with Gasteiger partial charge in [-0.1, -0.05) is 38.1 Å². The predicted molar refractivity (Wildman–Crippen MR) is 99.3 cm³/mol. The van der Waals surface area contributed by atoms with Crippen molar-refractivity contribution in [1.82, 2.24) is 10.2 Å². The van der Waals surface area contributed by atoms with E-state index in [9.17, 15) is 14.4 Å². The molecule has 3 rings (SSSR count). The Kier molecular flexibility index (Phi) is 4.64. The second-order valence-electron chi connectivity index (χ2n) is 6.95. The minimum atomic E-state index is -0.378. The van der Waals surface area contributed by atoms with Crippen LogP contribution in [-0.2, 0) is 0 Å². The third-order valence-electron chi connectivity index (χ3n) is 4.80. The van der Waals surface area contributed by atoms with Crippen molar-refractivity contribution in [3.05, 3.63) is 70.3 Å². The van der Waals surface area contributed by atoms with Gasteiger partial charge in [-0.3, -0.25) is 19.3 Å². The van der Waals surface area contributed by atoms with Gasteiger partial charge in [0.15, 0.2) is 0 Å². The van der Waals surface area contributed by atoms with Gasteiger partial charge < -0.3 is 5.32 Å². The Morgan fingerprint density at radius 2 is 1.46 bits per heavy atom. The van der Waals surface area contributed by atoms with Crippen LogP contribution in [0.3, 0.4) is 0 Å². The maximum atomic E-state index is 12.6. The fourth-order valence-electron chi connectivity index (χ4n) is 3.04. The predicted octanol–water partition coefficient (Wildman–Crippen LogP) is 3.53. The molecule has 2 aromatic rings. The van der Waals surface area contributed by atoms with Crippen LogP contribution in [0.1, 0.15) is 74.9 Å². The van der Waals surface area contributed by atoms with Crippen LogP contribution in [0, 0.1) is 0 Å². The van der Waals surface area contributed by atoms with Crippen LogP contribution in [-0.4, -0.2) is 29.7 Å². The average Bonchev–Trinajstić information content (AvgIpc) is 2.85. The summed E-state index contributed by atoms with van der Waals surface area (Å²) in [5.41, 5.74) is 3.24. The molecule has 1 N–H and O–H groups in total. The highest BCUT2D eigenvalue weighted by molar-refractivity contribution is 6.21. The second kappa shape index (κ2) is 6.75. The quantitative estimate of drug-likeness (QED) is 0.858. The Labute approximate surface area is 153 Å². The van der Waals surface area contributed by atoms with Crippen LogP contribution in [0.2, 0.25) is 0 Å². The van der Waals surface area contributed by atoms with Crippen molar-refractivity contribution in [2.75, 3.05) is 7.05 Å². The first-order valence-electron chi connectivity index (χ1n) is 8.66. The SMILES string of the molecule is CC(C)c1ccc([C@@H](C)NC(=O)c2ccc3c(c2)C(=O)N(C)C3=O)cc1. The molecular formula is C21H22N2O3. The molecule has 1 heterocycles. The molecular weight excluding hydrogens is 328 g/mol. The van der Waals surface area contributed by atoms with Crippen molar-refractivity contribution in [3.63, 3.8) is 0 Å². The molecule has 5 heteroatoms. The molecule has 134 valence electrons. The van der Waals surface area contributed by atoms with Crippen LogP contribution >= 0.6 is 0 Å². The highest BCUT2D eigenvalue weighted by Gasteiger charge is 2.33. The van der Waals surface area contributed by atoms with Crippen molar-refractivity contribution in [2.45, 2.75) is 32.7 Å². The zero-order valence-electron chi connectivity index (χ0n) is 15.4. The summed E-state index contributed by atoms with van der Waals surface area (Å²) in [6.45, 7) is 6.19. The Morgan fingerprint density at radius 1 is 0.885 bits per heavy atom. The number of hydrogen-bond donors (Lipinski definition) is 1.